The third kappa shape index (κ3) is 5.14. The number of carbonyl (C=O) groups is 2. The van der Waals surface area contributed by atoms with Crippen LogP contribution in [0, 0.1) is 11.3 Å². The predicted molar refractivity (Wildman–Crippen MR) is 81.3 cm³/mol. The lowest BCUT2D eigenvalue weighted by molar-refractivity contribution is -0.134. The number of hydrogen-bond donors (Lipinski definition) is 0. The second-order valence-corrected chi connectivity index (χ2v) is 7.55. The largest absolute Gasteiger partial charge is 0.336 e. The maximum Gasteiger partial charge on any atom is 0.228 e. The predicted octanol–water partition coefficient (Wildman–Crippen LogP) is 2.53. The smallest absolute Gasteiger partial charge is 0.228 e. The minimum atomic E-state index is -0.190. The highest BCUT2D eigenvalue weighted by Crippen LogP contribution is 2.26. The van der Waals surface area contributed by atoms with E-state index in [9.17, 15) is 9.59 Å². The Bertz CT molecular complexity index is 371. The van der Waals surface area contributed by atoms with E-state index >= 15 is 0 Å². The SMILES string of the molecule is CC(C)CC(=O)N1CC1C.CC1CN1C(=O)C(C)(C)C. The fourth-order valence-electron chi connectivity index (χ4n) is 2.00. The molecule has 2 heterocycles. The summed E-state index contributed by atoms with van der Waals surface area (Å²) in [5.41, 5.74) is -0.190. The van der Waals surface area contributed by atoms with Crippen molar-refractivity contribution in [3.8, 4) is 0 Å². The monoisotopic (exact) mass is 282 g/mol. The normalized spacial score (nSPS) is 24.2. The second-order valence-electron chi connectivity index (χ2n) is 7.55. The Hall–Kier alpha value is -1.06. The molecule has 0 saturated carbocycles. The molecule has 2 rings (SSSR count). The van der Waals surface area contributed by atoms with Gasteiger partial charge in [0.1, 0.15) is 0 Å². The molecular formula is C16H30N2O2. The van der Waals surface area contributed by atoms with E-state index in [4.69, 9.17) is 0 Å². The molecule has 0 aliphatic carbocycles. The molecule has 2 unspecified atom stereocenters. The molecule has 2 aliphatic rings. The highest BCUT2D eigenvalue weighted by atomic mass is 16.2. The first-order valence-corrected chi connectivity index (χ1v) is 7.64. The highest BCUT2D eigenvalue weighted by molar-refractivity contribution is 5.83. The molecular weight excluding hydrogens is 252 g/mol. The minimum Gasteiger partial charge on any atom is -0.336 e. The molecule has 0 N–H and O–H groups in total. The van der Waals surface area contributed by atoms with Gasteiger partial charge in [-0.3, -0.25) is 9.59 Å². The average Bonchev–Trinajstić information content (AvgIpc) is 3.15. The number of carbonyl (C=O) groups excluding carboxylic acids is 2. The Labute approximate surface area is 123 Å². The van der Waals surface area contributed by atoms with Crippen molar-refractivity contribution in [2.45, 2.75) is 67.0 Å². The van der Waals surface area contributed by atoms with Crippen LogP contribution in [0.5, 0.6) is 0 Å². The first-order chi connectivity index (χ1) is 9.04. The zero-order valence-electron chi connectivity index (χ0n) is 14.1. The maximum absolute atomic E-state index is 11.4. The third-order valence-electron chi connectivity index (χ3n) is 3.52. The molecule has 2 aliphatic heterocycles. The van der Waals surface area contributed by atoms with E-state index in [1.165, 1.54) is 0 Å². The van der Waals surface area contributed by atoms with Gasteiger partial charge in [-0.25, -0.2) is 0 Å². The van der Waals surface area contributed by atoms with Crippen LogP contribution in [-0.4, -0.2) is 46.8 Å². The molecule has 0 radical (unpaired) electrons. The van der Waals surface area contributed by atoms with E-state index in [1.807, 2.05) is 30.6 Å². The van der Waals surface area contributed by atoms with Crippen molar-refractivity contribution < 1.29 is 9.59 Å². The zero-order chi connectivity index (χ0) is 15.7. The fourth-order valence-corrected chi connectivity index (χ4v) is 2.00. The molecule has 2 saturated heterocycles. The van der Waals surface area contributed by atoms with Gasteiger partial charge in [0.15, 0.2) is 0 Å². The van der Waals surface area contributed by atoms with Crippen LogP contribution in [0.2, 0.25) is 0 Å². The molecule has 4 heteroatoms. The van der Waals surface area contributed by atoms with Crippen LogP contribution in [0.3, 0.4) is 0 Å². The summed E-state index contributed by atoms with van der Waals surface area (Å²) in [6.07, 6.45) is 0.713. The highest BCUT2D eigenvalue weighted by Gasteiger charge is 2.39. The van der Waals surface area contributed by atoms with Crippen molar-refractivity contribution in [3.63, 3.8) is 0 Å². The summed E-state index contributed by atoms with van der Waals surface area (Å²) in [6, 6.07) is 1.01. The van der Waals surface area contributed by atoms with Crippen LogP contribution in [0.4, 0.5) is 0 Å². The first-order valence-electron chi connectivity index (χ1n) is 7.64. The Balaban J connectivity index is 0.000000200. The van der Waals surface area contributed by atoms with Crippen molar-refractivity contribution in [1.82, 2.24) is 9.80 Å². The number of nitrogens with zero attached hydrogens (tertiary/aromatic N) is 2. The Kier molecular flexibility index (Phi) is 5.22. The summed E-state index contributed by atoms with van der Waals surface area (Å²) < 4.78 is 0. The molecule has 2 amide bonds. The van der Waals surface area contributed by atoms with Gasteiger partial charge in [-0.2, -0.15) is 0 Å². The number of amides is 2. The summed E-state index contributed by atoms with van der Waals surface area (Å²) >= 11 is 0. The first kappa shape index (κ1) is 17.0. The Morgan fingerprint density at radius 2 is 1.45 bits per heavy atom. The second kappa shape index (κ2) is 6.15. The van der Waals surface area contributed by atoms with Gasteiger partial charge >= 0.3 is 0 Å². The Morgan fingerprint density at radius 1 is 1.05 bits per heavy atom. The van der Waals surface area contributed by atoms with E-state index in [0.29, 0.717) is 30.3 Å². The van der Waals surface area contributed by atoms with E-state index in [0.717, 1.165) is 13.1 Å². The van der Waals surface area contributed by atoms with Crippen LogP contribution in [0.1, 0.15) is 54.9 Å². The summed E-state index contributed by atoms with van der Waals surface area (Å²) in [5.74, 6) is 1.10. The van der Waals surface area contributed by atoms with Crippen LogP contribution in [-0.2, 0) is 9.59 Å². The molecule has 2 fully saturated rings. The van der Waals surface area contributed by atoms with E-state index in [2.05, 4.69) is 27.7 Å². The number of hydrogen-bond acceptors (Lipinski definition) is 2. The van der Waals surface area contributed by atoms with Gasteiger partial charge in [0.25, 0.3) is 0 Å². The third-order valence-corrected chi connectivity index (χ3v) is 3.52. The summed E-state index contributed by atoms with van der Waals surface area (Å²) in [7, 11) is 0. The average molecular weight is 282 g/mol. The minimum absolute atomic E-state index is 0.190. The van der Waals surface area contributed by atoms with Gasteiger partial charge in [-0.15, -0.1) is 0 Å². The van der Waals surface area contributed by atoms with Gasteiger partial charge in [0.2, 0.25) is 11.8 Å². The van der Waals surface area contributed by atoms with Gasteiger partial charge in [0, 0.05) is 37.0 Å². The molecule has 4 nitrogen and oxygen atoms in total. The van der Waals surface area contributed by atoms with Gasteiger partial charge in [0.05, 0.1) is 0 Å². The van der Waals surface area contributed by atoms with Crippen LogP contribution in [0.15, 0.2) is 0 Å². The van der Waals surface area contributed by atoms with Crippen molar-refractivity contribution >= 4 is 11.8 Å². The molecule has 2 atom stereocenters. The Morgan fingerprint density at radius 3 is 1.65 bits per heavy atom. The van der Waals surface area contributed by atoms with Gasteiger partial charge in [-0.05, 0) is 19.8 Å². The van der Waals surface area contributed by atoms with Crippen molar-refractivity contribution in [2.24, 2.45) is 11.3 Å². The molecule has 0 spiro atoms. The van der Waals surface area contributed by atoms with Crippen LogP contribution in [0.25, 0.3) is 0 Å². The van der Waals surface area contributed by atoms with Gasteiger partial charge in [-0.1, -0.05) is 34.6 Å². The fraction of sp³-hybridized carbons (Fsp3) is 0.875. The van der Waals surface area contributed by atoms with Crippen molar-refractivity contribution in [2.75, 3.05) is 13.1 Å². The summed E-state index contributed by atoms with van der Waals surface area (Å²) in [4.78, 5) is 26.3. The molecule has 116 valence electrons. The van der Waals surface area contributed by atoms with E-state index < -0.39 is 0 Å². The molecule has 0 bridgehead atoms. The number of rotatable bonds is 2. The van der Waals surface area contributed by atoms with Crippen molar-refractivity contribution in [3.05, 3.63) is 0 Å². The standard InChI is InChI=1S/2C8H15NO/c1-6-5-9(6)7(10)8(2,3)4;1-6(2)4-8(10)9-5-7(9)3/h6H,5H2,1-4H3;6-7H,4-5H2,1-3H3. The van der Waals surface area contributed by atoms with Crippen LogP contribution < -0.4 is 0 Å². The molecule has 20 heavy (non-hydrogen) atoms. The lowest BCUT2D eigenvalue weighted by Crippen LogP contribution is -2.28. The molecule has 0 aromatic carbocycles. The molecule has 0 aromatic rings. The zero-order valence-corrected chi connectivity index (χ0v) is 14.1. The summed E-state index contributed by atoms with van der Waals surface area (Å²) in [6.45, 7) is 16.1. The van der Waals surface area contributed by atoms with Gasteiger partial charge < -0.3 is 9.80 Å². The molecule has 0 aromatic heterocycles. The van der Waals surface area contributed by atoms with Crippen LogP contribution >= 0.6 is 0 Å². The topological polar surface area (TPSA) is 40.2 Å². The lowest BCUT2D eigenvalue weighted by atomic mass is 9.96. The van der Waals surface area contributed by atoms with E-state index in [1.54, 1.807) is 0 Å². The summed E-state index contributed by atoms with van der Waals surface area (Å²) in [5, 5.41) is 0. The lowest BCUT2D eigenvalue weighted by Gasteiger charge is -2.17. The van der Waals surface area contributed by atoms with E-state index in [-0.39, 0.29) is 11.3 Å². The van der Waals surface area contributed by atoms with Crippen molar-refractivity contribution in [1.29, 1.82) is 0 Å². The maximum atomic E-state index is 11.4. The quantitative estimate of drug-likeness (QED) is 0.730.